The van der Waals surface area contributed by atoms with E-state index in [0.717, 1.165) is 18.4 Å². The zero-order chi connectivity index (χ0) is 22.5. The molecule has 7 nitrogen and oxygen atoms in total. The number of anilines is 2. The van der Waals surface area contributed by atoms with Crippen LogP contribution in [0.15, 0.2) is 82.6 Å². The molecule has 0 aliphatic carbocycles. The van der Waals surface area contributed by atoms with Crippen LogP contribution in [-0.4, -0.2) is 23.9 Å². The van der Waals surface area contributed by atoms with Gasteiger partial charge in [0.05, 0.1) is 16.9 Å². The normalized spacial score (nSPS) is 11.7. The number of benzene rings is 3. The zero-order valence-corrected chi connectivity index (χ0v) is 18.8. The van der Waals surface area contributed by atoms with Crippen LogP contribution in [0.5, 0.6) is 5.75 Å². The molecular weight excluding hydrogens is 436 g/mol. The van der Waals surface area contributed by atoms with Crippen molar-refractivity contribution in [3.63, 3.8) is 0 Å². The second-order valence-electron chi connectivity index (χ2n) is 6.86. The standard InChI is InChI=1S/C22H24N2O5S2/c1-3-4-17-5-13-21(14-6-17)30(25,26)24-19-9-15-22(16-10-19)31(27,28)23-18-7-11-20(29-2)12-8-18/h5-16,23-24H,3-4H2,1-2H3. The highest BCUT2D eigenvalue weighted by molar-refractivity contribution is 7.93. The Balaban J connectivity index is 1.72. The Kier molecular flexibility index (Phi) is 6.87. The van der Waals surface area contributed by atoms with Gasteiger partial charge in [0, 0.05) is 11.4 Å². The maximum Gasteiger partial charge on any atom is 0.261 e. The predicted molar refractivity (Wildman–Crippen MR) is 121 cm³/mol. The van der Waals surface area contributed by atoms with E-state index in [1.54, 1.807) is 48.5 Å². The van der Waals surface area contributed by atoms with Crippen LogP contribution in [0.25, 0.3) is 0 Å². The van der Waals surface area contributed by atoms with Gasteiger partial charge >= 0.3 is 0 Å². The van der Waals surface area contributed by atoms with E-state index in [2.05, 4.69) is 16.4 Å². The predicted octanol–water partition coefficient (Wildman–Crippen LogP) is 4.25. The molecule has 0 atom stereocenters. The summed E-state index contributed by atoms with van der Waals surface area (Å²) in [7, 11) is -6.08. The van der Waals surface area contributed by atoms with E-state index in [9.17, 15) is 16.8 Å². The quantitative estimate of drug-likeness (QED) is 0.497. The van der Waals surface area contributed by atoms with Crippen LogP contribution in [0.4, 0.5) is 11.4 Å². The smallest absolute Gasteiger partial charge is 0.261 e. The molecule has 0 aliphatic rings. The van der Waals surface area contributed by atoms with Crippen molar-refractivity contribution in [2.24, 2.45) is 0 Å². The van der Waals surface area contributed by atoms with Crippen LogP contribution in [0.3, 0.4) is 0 Å². The molecule has 0 unspecified atom stereocenters. The van der Waals surface area contributed by atoms with Crippen LogP contribution in [-0.2, 0) is 26.5 Å². The minimum atomic E-state index is -3.82. The largest absolute Gasteiger partial charge is 0.497 e. The SMILES string of the molecule is CCCc1ccc(S(=O)(=O)Nc2ccc(S(=O)(=O)Nc3ccc(OC)cc3)cc2)cc1. The number of rotatable bonds is 9. The lowest BCUT2D eigenvalue weighted by atomic mass is 10.1. The summed E-state index contributed by atoms with van der Waals surface area (Å²) in [6.45, 7) is 2.06. The molecule has 0 heterocycles. The summed E-state index contributed by atoms with van der Waals surface area (Å²) in [6, 6.07) is 18.7. The Morgan fingerprint density at radius 1 is 0.677 bits per heavy atom. The third kappa shape index (κ3) is 5.77. The van der Waals surface area contributed by atoms with Crippen LogP contribution < -0.4 is 14.2 Å². The van der Waals surface area contributed by atoms with Crippen LogP contribution in [0, 0.1) is 0 Å². The Bertz CT molecular complexity index is 1220. The molecule has 0 aromatic heterocycles. The highest BCUT2D eigenvalue weighted by Crippen LogP contribution is 2.22. The summed E-state index contributed by atoms with van der Waals surface area (Å²) in [5.74, 6) is 0.611. The number of methoxy groups -OCH3 is 1. The van der Waals surface area contributed by atoms with E-state index in [-0.39, 0.29) is 15.5 Å². The fourth-order valence-corrected chi connectivity index (χ4v) is 5.03. The lowest BCUT2D eigenvalue weighted by Crippen LogP contribution is -2.14. The number of hydrogen-bond donors (Lipinski definition) is 2. The van der Waals surface area contributed by atoms with Gasteiger partial charge in [-0.1, -0.05) is 25.5 Å². The van der Waals surface area contributed by atoms with Crippen molar-refractivity contribution in [2.45, 2.75) is 29.6 Å². The summed E-state index contributed by atoms with van der Waals surface area (Å²) in [5.41, 5.74) is 1.72. The van der Waals surface area contributed by atoms with Crippen molar-refractivity contribution >= 4 is 31.4 Å². The summed E-state index contributed by atoms with van der Waals surface area (Å²) < 4.78 is 60.3. The van der Waals surface area contributed by atoms with Gasteiger partial charge in [-0.05, 0) is 72.6 Å². The van der Waals surface area contributed by atoms with Crippen LogP contribution in [0.2, 0.25) is 0 Å². The van der Waals surface area contributed by atoms with Crippen molar-refractivity contribution in [1.29, 1.82) is 0 Å². The van der Waals surface area contributed by atoms with Crippen molar-refractivity contribution in [2.75, 3.05) is 16.6 Å². The van der Waals surface area contributed by atoms with Crippen LogP contribution >= 0.6 is 0 Å². The molecular formula is C22H24N2O5S2. The molecule has 3 aromatic rings. The van der Waals surface area contributed by atoms with Gasteiger partial charge < -0.3 is 4.74 Å². The second-order valence-corrected chi connectivity index (χ2v) is 10.2. The number of nitrogens with one attached hydrogen (secondary N) is 2. The highest BCUT2D eigenvalue weighted by atomic mass is 32.2. The Morgan fingerprint density at radius 2 is 1.10 bits per heavy atom. The van der Waals surface area contributed by atoms with E-state index in [0.29, 0.717) is 11.4 Å². The molecule has 0 aliphatic heterocycles. The second kappa shape index (κ2) is 9.40. The minimum Gasteiger partial charge on any atom is -0.497 e. The number of ether oxygens (including phenoxy) is 1. The molecule has 0 fully saturated rings. The van der Waals surface area contributed by atoms with Gasteiger partial charge in [0.1, 0.15) is 5.75 Å². The maximum atomic E-state index is 12.6. The van der Waals surface area contributed by atoms with Crippen LogP contribution in [0.1, 0.15) is 18.9 Å². The molecule has 2 N–H and O–H groups in total. The molecule has 3 aromatic carbocycles. The summed E-state index contributed by atoms with van der Waals surface area (Å²) in [6.07, 6.45) is 1.86. The van der Waals surface area contributed by atoms with Gasteiger partial charge in [0.15, 0.2) is 0 Å². The first kappa shape index (κ1) is 22.6. The molecule has 0 saturated carbocycles. The third-order valence-electron chi connectivity index (χ3n) is 4.53. The Morgan fingerprint density at radius 3 is 1.52 bits per heavy atom. The molecule has 9 heteroatoms. The topological polar surface area (TPSA) is 102 Å². The summed E-state index contributed by atoms with van der Waals surface area (Å²) in [5, 5.41) is 0. The van der Waals surface area contributed by atoms with E-state index in [1.807, 2.05) is 0 Å². The lowest BCUT2D eigenvalue weighted by molar-refractivity contribution is 0.415. The molecule has 164 valence electrons. The average molecular weight is 461 g/mol. The van der Waals surface area contributed by atoms with E-state index >= 15 is 0 Å². The van der Waals surface area contributed by atoms with Crippen molar-refractivity contribution in [1.82, 2.24) is 0 Å². The molecule has 0 amide bonds. The zero-order valence-electron chi connectivity index (χ0n) is 17.2. The highest BCUT2D eigenvalue weighted by Gasteiger charge is 2.17. The first-order valence-electron chi connectivity index (χ1n) is 9.62. The Labute approximate surface area is 183 Å². The van der Waals surface area contributed by atoms with E-state index in [4.69, 9.17) is 4.74 Å². The fourth-order valence-electron chi connectivity index (χ4n) is 2.91. The van der Waals surface area contributed by atoms with Crippen molar-refractivity contribution in [3.05, 3.63) is 78.4 Å². The summed E-state index contributed by atoms with van der Waals surface area (Å²) >= 11 is 0. The first-order chi connectivity index (χ1) is 14.7. The molecule has 3 rings (SSSR count). The Hall–Kier alpha value is -3.04. The number of sulfonamides is 2. The molecule has 0 saturated heterocycles. The van der Waals surface area contributed by atoms with Crippen molar-refractivity contribution in [3.8, 4) is 5.75 Å². The minimum absolute atomic E-state index is 0.00943. The van der Waals surface area contributed by atoms with Gasteiger partial charge in [-0.3, -0.25) is 9.44 Å². The number of aryl methyl sites for hydroxylation is 1. The van der Waals surface area contributed by atoms with E-state index < -0.39 is 20.0 Å². The van der Waals surface area contributed by atoms with E-state index in [1.165, 1.54) is 31.4 Å². The first-order valence-corrected chi connectivity index (χ1v) is 12.6. The maximum absolute atomic E-state index is 12.6. The van der Waals surface area contributed by atoms with Gasteiger partial charge in [-0.25, -0.2) is 16.8 Å². The fraction of sp³-hybridized carbons (Fsp3) is 0.182. The van der Waals surface area contributed by atoms with Gasteiger partial charge in [-0.2, -0.15) is 0 Å². The lowest BCUT2D eigenvalue weighted by Gasteiger charge is -2.11. The van der Waals surface area contributed by atoms with Gasteiger partial charge in [0.25, 0.3) is 20.0 Å². The molecule has 31 heavy (non-hydrogen) atoms. The van der Waals surface area contributed by atoms with Gasteiger partial charge in [0.2, 0.25) is 0 Å². The number of hydrogen-bond acceptors (Lipinski definition) is 5. The van der Waals surface area contributed by atoms with Crippen molar-refractivity contribution < 1.29 is 21.6 Å². The molecule has 0 radical (unpaired) electrons. The van der Waals surface area contributed by atoms with Gasteiger partial charge in [-0.15, -0.1) is 0 Å². The molecule has 0 bridgehead atoms. The summed E-state index contributed by atoms with van der Waals surface area (Å²) in [4.78, 5) is 0.153. The monoisotopic (exact) mass is 460 g/mol. The molecule has 0 spiro atoms. The third-order valence-corrected chi connectivity index (χ3v) is 7.33. The average Bonchev–Trinajstić information content (AvgIpc) is 2.75.